The number of ether oxygens (including phenoxy) is 2. The van der Waals surface area contributed by atoms with E-state index in [0.29, 0.717) is 18.9 Å². The van der Waals surface area contributed by atoms with Crippen molar-refractivity contribution in [3.8, 4) is 11.5 Å². The fourth-order valence-electron chi connectivity index (χ4n) is 3.26. The van der Waals surface area contributed by atoms with E-state index in [0.717, 1.165) is 37.8 Å². The van der Waals surface area contributed by atoms with Crippen LogP contribution in [-0.2, 0) is 6.54 Å². The molecule has 1 atom stereocenters. The van der Waals surface area contributed by atoms with Crippen LogP contribution in [0.25, 0.3) is 0 Å². The molecule has 0 bridgehead atoms. The summed E-state index contributed by atoms with van der Waals surface area (Å²) in [4.78, 5) is 12.7. The Morgan fingerprint density at radius 2 is 2.04 bits per heavy atom. The van der Waals surface area contributed by atoms with E-state index >= 15 is 0 Å². The van der Waals surface area contributed by atoms with Crippen LogP contribution >= 0.6 is 23.1 Å². The SMILES string of the molecule is Cc1nnc(SCC(=O)c2cc(C)n(C[C@@H]3COc4ccccc4O3)c2C)s1. The van der Waals surface area contributed by atoms with Crippen LogP contribution < -0.4 is 9.47 Å². The summed E-state index contributed by atoms with van der Waals surface area (Å²) in [6, 6.07) is 9.65. The van der Waals surface area contributed by atoms with Crippen LogP contribution in [0.15, 0.2) is 34.7 Å². The Bertz CT molecular complexity index is 1010. The average molecular weight is 416 g/mol. The van der Waals surface area contributed by atoms with Crippen LogP contribution in [0.3, 0.4) is 0 Å². The molecule has 0 fully saturated rings. The van der Waals surface area contributed by atoms with Gasteiger partial charge in [0.25, 0.3) is 0 Å². The number of Topliss-reactive ketones (excluding diaryl/α,β-unsaturated/α-hetero) is 1. The summed E-state index contributed by atoms with van der Waals surface area (Å²) in [6.07, 6.45) is -0.0959. The van der Waals surface area contributed by atoms with E-state index in [9.17, 15) is 4.79 Å². The Labute approximate surface area is 171 Å². The number of carbonyl (C=O) groups excluding carboxylic acids is 1. The van der Waals surface area contributed by atoms with E-state index in [1.54, 1.807) is 0 Å². The second-order valence-electron chi connectivity index (χ2n) is 6.69. The van der Waals surface area contributed by atoms with Crippen molar-refractivity contribution in [1.29, 1.82) is 0 Å². The zero-order valence-corrected chi connectivity index (χ0v) is 17.6. The molecular weight excluding hydrogens is 394 g/mol. The number of thioether (sulfide) groups is 1. The first-order chi connectivity index (χ1) is 13.5. The van der Waals surface area contributed by atoms with Gasteiger partial charge in [-0.05, 0) is 39.0 Å². The lowest BCUT2D eigenvalue weighted by atomic mass is 10.2. The molecule has 3 heterocycles. The van der Waals surface area contributed by atoms with E-state index in [4.69, 9.17) is 9.47 Å². The fourth-order valence-corrected chi connectivity index (χ4v) is 4.96. The Morgan fingerprint density at radius 1 is 1.25 bits per heavy atom. The van der Waals surface area contributed by atoms with Crippen LogP contribution in [0.4, 0.5) is 0 Å². The van der Waals surface area contributed by atoms with Crippen molar-refractivity contribution in [2.75, 3.05) is 12.4 Å². The number of rotatable bonds is 6. The quantitative estimate of drug-likeness (QED) is 0.446. The number of aromatic nitrogens is 3. The zero-order valence-electron chi connectivity index (χ0n) is 16.0. The van der Waals surface area contributed by atoms with Gasteiger partial charge in [0.05, 0.1) is 12.3 Å². The molecule has 1 aromatic carbocycles. The molecule has 4 rings (SSSR count). The molecule has 0 saturated heterocycles. The minimum absolute atomic E-state index is 0.0959. The van der Waals surface area contributed by atoms with Gasteiger partial charge in [-0.15, -0.1) is 10.2 Å². The van der Waals surface area contributed by atoms with Crippen molar-refractivity contribution < 1.29 is 14.3 Å². The molecule has 146 valence electrons. The van der Waals surface area contributed by atoms with Crippen molar-refractivity contribution in [3.63, 3.8) is 0 Å². The van der Waals surface area contributed by atoms with Crippen molar-refractivity contribution in [1.82, 2.24) is 14.8 Å². The average Bonchev–Trinajstić information content (AvgIpc) is 3.24. The molecule has 0 saturated carbocycles. The molecule has 8 heteroatoms. The topological polar surface area (TPSA) is 66.2 Å². The van der Waals surface area contributed by atoms with E-state index < -0.39 is 0 Å². The zero-order chi connectivity index (χ0) is 19.7. The molecule has 1 aliphatic heterocycles. The first-order valence-corrected chi connectivity index (χ1v) is 10.8. The number of nitrogens with zero attached hydrogens (tertiary/aromatic N) is 3. The lowest BCUT2D eigenvalue weighted by Gasteiger charge is -2.27. The van der Waals surface area contributed by atoms with E-state index in [1.807, 2.05) is 51.1 Å². The van der Waals surface area contributed by atoms with Gasteiger partial charge in [0.1, 0.15) is 11.6 Å². The third-order valence-corrected chi connectivity index (χ3v) is 6.63. The van der Waals surface area contributed by atoms with Gasteiger partial charge in [0.2, 0.25) is 0 Å². The van der Waals surface area contributed by atoms with Gasteiger partial charge in [0, 0.05) is 17.0 Å². The molecule has 28 heavy (non-hydrogen) atoms. The van der Waals surface area contributed by atoms with Gasteiger partial charge in [-0.1, -0.05) is 35.2 Å². The molecule has 0 amide bonds. The summed E-state index contributed by atoms with van der Waals surface area (Å²) in [5.74, 6) is 2.00. The summed E-state index contributed by atoms with van der Waals surface area (Å²) in [5, 5.41) is 8.96. The predicted molar refractivity (Wildman–Crippen MR) is 110 cm³/mol. The standard InChI is InChI=1S/C20H21N3O3S2/c1-12-8-16(17(24)11-27-20-22-21-14(3)28-20)13(2)23(12)9-15-10-25-18-6-4-5-7-19(18)26-15/h4-8,15H,9-11H2,1-3H3/t15-/m1/s1. The van der Waals surface area contributed by atoms with Gasteiger partial charge in [-0.3, -0.25) is 4.79 Å². The largest absolute Gasteiger partial charge is 0.486 e. The first-order valence-electron chi connectivity index (χ1n) is 9.02. The van der Waals surface area contributed by atoms with Crippen LogP contribution in [0, 0.1) is 20.8 Å². The number of hydrogen-bond acceptors (Lipinski definition) is 7. The normalized spacial score (nSPS) is 15.6. The summed E-state index contributed by atoms with van der Waals surface area (Å²) >= 11 is 2.95. The van der Waals surface area contributed by atoms with Crippen molar-refractivity contribution in [3.05, 3.63) is 52.3 Å². The van der Waals surface area contributed by atoms with E-state index in [2.05, 4.69) is 14.8 Å². The first kappa shape index (κ1) is 19.0. The molecule has 0 unspecified atom stereocenters. The molecule has 0 spiro atoms. The molecule has 0 N–H and O–H groups in total. The van der Waals surface area contributed by atoms with Crippen molar-refractivity contribution >= 4 is 28.9 Å². The highest BCUT2D eigenvalue weighted by atomic mass is 32.2. The van der Waals surface area contributed by atoms with Crippen molar-refractivity contribution in [2.24, 2.45) is 0 Å². The third kappa shape index (κ3) is 3.93. The van der Waals surface area contributed by atoms with Gasteiger partial charge in [-0.2, -0.15) is 0 Å². The second-order valence-corrected chi connectivity index (χ2v) is 9.10. The minimum Gasteiger partial charge on any atom is -0.486 e. The van der Waals surface area contributed by atoms with Crippen LogP contribution in [0.2, 0.25) is 0 Å². The molecule has 1 aliphatic rings. The lowest BCUT2D eigenvalue weighted by Crippen LogP contribution is -2.33. The number of benzene rings is 1. The third-order valence-electron chi connectivity index (χ3n) is 4.66. The van der Waals surface area contributed by atoms with Gasteiger partial charge < -0.3 is 14.0 Å². The Kier molecular flexibility index (Phi) is 5.41. The maximum atomic E-state index is 12.7. The van der Waals surface area contributed by atoms with Crippen LogP contribution in [-0.4, -0.2) is 39.0 Å². The maximum Gasteiger partial charge on any atom is 0.174 e. The molecule has 2 aromatic heterocycles. The maximum absolute atomic E-state index is 12.7. The van der Waals surface area contributed by atoms with E-state index in [1.165, 1.54) is 23.1 Å². The summed E-state index contributed by atoms with van der Waals surface area (Å²) in [5.41, 5.74) is 2.75. The monoisotopic (exact) mass is 415 g/mol. The molecule has 3 aromatic rings. The molecule has 0 aliphatic carbocycles. The molecule has 0 radical (unpaired) electrons. The Morgan fingerprint density at radius 3 is 2.79 bits per heavy atom. The Hall–Kier alpha value is -2.32. The number of aryl methyl sites for hydroxylation is 2. The number of carbonyl (C=O) groups is 1. The van der Waals surface area contributed by atoms with Crippen molar-refractivity contribution in [2.45, 2.75) is 37.8 Å². The van der Waals surface area contributed by atoms with Gasteiger partial charge in [-0.25, -0.2) is 0 Å². The highest BCUT2D eigenvalue weighted by molar-refractivity contribution is 8.01. The number of hydrogen-bond donors (Lipinski definition) is 0. The highest BCUT2D eigenvalue weighted by Gasteiger charge is 2.24. The number of para-hydroxylation sites is 2. The van der Waals surface area contributed by atoms with E-state index in [-0.39, 0.29) is 11.9 Å². The fraction of sp³-hybridized carbons (Fsp3) is 0.350. The summed E-state index contributed by atoms with van der Waals surface area (Å²) < 4.78 is 14.8. The smallest absolute Gasteiger partial charge is 0.174 e. The molecular formula is C20H21N3O3S2. The minimum atomic E-state index is -0.0959. The number of ketones is 1. The van der Waals surface area contributed by atoms with Gasteiger partial charge in [0.15, 0.2) is 27.7 Å². The second kappa shape index (κ2) is 7.97. The predicted octanol–water partition coefficient (Wildman–Crippen LogP) is 4.08. The highest BCUT2D eigenvalue weighted by Crippen LogP contribution is 2.32. The summed E-state index contributed by atoms with van der Waals surface area (Å²) in [7, 11) is 0. The Balaban J connectivity index is 1.44. The van der Waals surface area contributed by atoms with Crippen LogP contribution in [0.5, 0.6) is 11.5 Å². The van der Waals surface area contributed by atoms with Crippen LogP contribution in [0.1, 0.15) is 26.8 Å². The lowest BCUT2D eigenvalue weighted by molar-refractivity contribution is 0.0777. The summed E-state index contributed by atoms with van der Waals surface area (Å²) in [6.45, 7) is 7.04. The number of fused-ring (bicyclic) bond motifs is 1. The molecule has 6 nitrogen and oxygen atoms in total. The van der Waals surface area contributed by atoms with Gasteiger partial charge >= 0.3 is 0 Å².